The van der Waals surface area contributed by atoms with Crippen molar-refractivity contribution in [3.8, 4) is 0 Å². The van der Waals surface area contributed by atoms with E-state index in [1.165, 1.54) is 14.2 Å². The van der Waals surface area contributed by atoms with Crippen LogP contribution in [0.25, 0.3) is 24.3 Å². The molecule has 8 nitrogen and oxygen atoms in total. The largest absolute Gasteiger partial charge is 0.469 e. The fraction of sp³-hybridized carbons (Fsp3) is 0.375. The van der Waals surface area contributed by atoms with Crippen molar-refractivity contribution < 1.29 is 19.1 Å². The quantitative estimate of drug-likeness (QED) is 0.242. The van der Waals surface area contributed by atoms with Crippen LogP contribution < -0.4 is 16.0 Å². The second-order valence-corrected chi connectivity index (χ2v) is 12.9. The number of hydrogen-bond acceptors (Lipinski definition) is 5. The Kier molecular flexibility index (Phi) is 7.92. The summed E-state index contributed by atoms with van der Waals surface area (Å²) in [7, 11) is 2.83. The third kappa shape index (κ3) is 5.86. The molecular weight excluding hydrogens is 584 g/mol. The van der Waals surface area contributed by atoms with Gasteiger partial charge in [0.05, 0.1) is 18.5 Å². The van der Waals surface area contributed by atoms with Crippen molar-refractivity contribution >= 4 is 52.2 Å². The summed E-state index contributed by atoms with van der Waals surface area (Å²) in [5, 5.41) is 5.52. The van der Waals surface area contributed by atoms with Crippen molar-refractivity contribution in [1.82, 2.24) is 20.3 Å². The van der Waals surface area contributed by atoms with Crippen LogP contribution in [-0.4, -0.2) is 45.4 Å². The second kappa shape index (κ2) is 11.3. The summed E-state index contributed by atoms with van der Waals surface area (Å²) in [5.41, 5.74) is 11.5. The van der Waals surface area contributed by atoms with Crippen LogP contribution in [0.4, 0.5) is 0 Å². The van der Waals surface area contributed by atoms with Gasteiger partial charge in [-0.25, -0.2) is 0 Å². The monoisotopic (exact) mass is 620 g/mol. The van der Waals surface area contributed by atoms with Gasteiger partial charge in [-0.1, -0.05) is 15.9 Å². The fourth-order valence-electron chi connectivity index (χ4n) is 5.72. The van der Waals surface area contributed by atoms with E-state index in [1.807, 2.05) is 0 Å². The predicted molar refractivity (Wildman–Crippen MR) is 165 cm³/mol. The molecule has 0 aliphatic carbocycles. The number of carbonyl (C=O) groups excluding carboxylic acids is 2. The standard InChI is InChI=1S/C32H37BrN4O4/c1-17-11-20-13-29-32(4,33)16-21(35-29)12-25-18(2)22(7-9-30(38)40-5)27(36-25)15-28-23(8-10-31(39)41-6)19(3)26(37-28)14-24(17)34-20/h11-15,34-37H,7-10,16H2,1-6H3. The molecule has 5 heterocycles. The van der Waals surface area contributed by atoms with E-state index in [9.17, 15) is 9.59 Å². The summed E-state index contributed by atoms with van der Waals surface area (Å²) >= 11 is 3.94. The molecule has 216 valence electrons. The van der Waals surface area contributed by atoms with Gasteiger partial charge < -0.3 is 29.7 Å². The van der Waals surface area contributed by atoms with Crippen LogP contribution in [0.3, 0.4) is 0 Å². The number of fused-ring (bicyclic) bond motifs is 8. The third-order valence-electron chi connectivity index (χ3n) is 8.17. The summed E-state index contributed by atoms with van der Waals surface area (Å²) < 4.78 is 9.64. The molecule has 5 rings (SSSR count). The summed E-state index contributed by atoms with van der Waals surface area (Å²) in [5.74, 6) is -0.493. The van der Waals surface area contributed by atoms with Gasteiger partial charge in [-0.3, -0.25) is 9.59 Å². The number of aryl methyl sites for hydroxylation is 1. The van der Waals surface area contributed by atoms with E-state index < -0.39 is 0 Å². The van der Waals surface area contributed by atoms with E-state index >= 15 is 0 Å². The zero-order valence-electron chi connectivity index (χ0n) is 24.4. The number of allylic oxidation sites excluding steroid dienone is 2. The van der Waals surface area contributed by atoms with Crippen molar-refractivity contribution in [2.45, 2.75) is 64.1 Å². The van der Waals surface area contributed by atoms with Gasteiger partial charge in [0.15, 0.2) is 0 Å². The Bertz CT molecular complexity index is 1710. The fourth-order valence-corrected chi connectivity index (χ4v) is 6.23. The molecule has 0 amide bonds. The molecule has 41 heavy (non-hydrogen) atoms. The highest BCUT2D eigenvalue weighted by atomic mass is 79.9. The Morgan fingerprint density at radius 2 is 1.49 bits per heavy atom. The van der Waals surface area contributed by atoms with E-state index in [2.05, 4.69) is 94.3 Å². The van der Waals surface area contributed by atoms with Crippen molar-refractivity contribution in [3.05, 3.63) is 78.8 Å². The molecule has 0 radical (unpaired) electrons. The zero-order valence-corrected chi connectivity index (χ0v) is 26.0. The maximum atomic E-state index is 12.1. The van der Waals surface area contributed by atoms with E-state index in [0.29, 0.717) is 12.8 Å². The number of carbonyl (C=O) groups is 2. The molecule has 0 saturated carbocycles. The Labute approximate surface area is 248 Å². The number of ether oxygens (including phenoxy) is 2. The first-order chi connectivity index (χ1) is 19.5. The smallest absolute Gasteiger partial charge is 0.305 e. The van der Waals surface area contributed by atoms with Gasteiger partial charge >= 0.3 is 11.9 Å². The molecule has 9 heteroatoms. The van der Waals surface area contributed by atoms with Gasteiger partial charge in [0.1, 0.15) is 0 Å². The average Bonchev–Trinajstić information content (AvgIpc) is 3.60. The molecule has 8 bridgehead atoms. The van der Waals surface area contributed by atoms with Gasteiger partial charge in [0.25, 0.3) is 0 Å². The van der Waals surface area contributed by atoms with Crippen LogP contribution in [0.1, 0.15) is 76.8 Å². The van der Waals surface area contributed by atoms with Gasteiger partial charge in [-0.15, -0.1) is 0 Å². The number of rotatable bonds is 6. The second-order valence-electron chi connectivity index (χ2n) is 11.1. The predicted octanol–water partition coefficient (Wildman–Crippen LogP) is 4.31. The number of alkyl halides is 1. The summed E-state index contributed by atoms with van der Waals surface area (Å²) in [4.78, 5) is 35.0. The summed E-state index contributed by atoms with van der Waals surface area (Å²) in [6.45, 7) is 8.43. The number of halogens is 1. The van der Waals surface area contributed by atoms with Crippen LogP contribution in [-0.2, 0) is 31.9 Å². The lowest BCUT2D eigenvalue weighted by Gasteiger charge is -2.15. The molecule has 0 aromatic carbocycles. The minimum absolute atomic E-state index is 0.238. The molecule has 1 saturated heterocycles. The van der Waals surface area contributed by atoms with Crippen LogP contribution in [0.15, 0.2) is 17.5 Å². The van der Waals surface area contributed by atoms with Crippen LogP contribution >= 0.6 is 15.9 Å². The first-order valence-corrected chi connectivity index (χ1v) is 14.6. The van der Waals surface area contributed by atoms with Gasteiger partial charge in [-0.2, -0.15) is 0 Å². The Hall–Kier alpha value is -3.72. The maximum Gasteiger partial charge on any atom is 0.305 e. The summed E-state index contributed by atoms with van der Waals surface area (Å²) in [6, 6.07) is 2.15. The van der Waals surface area contributed by atoms with Crippen LogP contribution in [0.5, 0.6) is 0 Å². The lowest BCUT2D eigenvalue weighted by atomic mass is 10.0. The minimum atomic E-state index is -0.247. The molecule has 1 atom stereocenters. The minimum Gasteiger partial charge on any atom is -0.469 e. The normalized spacial score (nSPS) is 17.6. The van der Waals surface area contributed by atoms with E-state index in [-0.39, 0.29) is 29.1 Å². The van der Waals surface area contributed by atoms with Crippen molar-refractivity contribution in [2.24, 2.45) is 0 Å². The third-order valence-corrected chi connectivity index (χ3v) is 8.87. The Balaban J connectivity index is 1.77. The SMILES string of the molecule is COC(=O)CCc1c2[nH]c(c1C)C=C1CC(C)(Br)C(=Cc3cc(C)c([nH]3)C=c3[nH]c(c(CCC(=O)OC)c3C)=C2)N1. The van der Waals surface area contributed by atoms with Crippen molar-refractivity contribution in [3.63, 3.8) is 0 Å². The number of nitrogens with one attached hydrogen (secondary N) is 4. The highest BCUT2D eigenvalue weighted by Gasteiger charge is 2.34. The number of hydrogen-bond donors (Lipinski definition) is 4. The number of H-pyrrole nitrogens is 3. The number of methoxy groups -OCH3 is 2. The number of esters is 2. The van der Waals surface area contributed by atoms with Crippen LogP contribution in [0.2, 0.25) is 0 Å². The van der Waals surface area contributed by atoms with Gasteiger partial charge in [-0.05, 0) is 98.7 Å². The molecule has 3 aromatic heterocycles. The molecule has 0 spiro atoms. The zero-order chi connectivity index (χ0) is 29.5. The van der Waals surface area contributed by atoms with Gasteiger partial charge in [0.2, 0.25) is 0 Å². The van der Waals surface area contributed by atoms with E-state index in [1.54, 1.807) is 0 Å². The Morgan fingerprint density at radius 3 is 2.17 bits per heavy atom. The molecule has 1 unspecified atom stereocenters. The molecule has 2 aliphatic rings. The highest BCUT2D eigenvalue weighted by Crippen LogP contribution is 2.40. The first-order valence-electron chi connectivity index (χ1n) is 13.8. The van der Waals surface area contributed by atoms with Gasteiger partial charge in [0, 0.05) is 64.1 Å². The number of aromatic amines is 3. The van der Waals surface area contributed by atoms with E-state index in [4.69, 9.17) is 9.47 Å². The topological polar surface area (TPSA) is 112 Å². The van der Waals surface area contributed by atoms with Crippen LogP contribution in [0, 0.1) is 20.8 Å². The molecule has 2 aliphatic heterocycles. The lowest BCUT2D eigenvalue weighted by molar-refractivity contribution is -0.141. The summed E-state index contributed by atoms with van der Waals surface area (Å²) in [6.07, 6.45) is 11.0. The molecule has 4 N–H and O–H groups in total. The molecular formula is C32H37BrN4O4. The maximum absolute atomic E-state index is 12.1. The highest BCUT2D eigenvalue weighted by molar-refractivity contribution is 9.10. The average molecular weight is 622 g/mol. The first kappa shape index (κ1) is 28.8. The lowest BCUT2D eigenvalue weighted by Crippen LogP contribution is -2.16. The van der Waals surface area contributed by atoms with E-state index in [0.717, 1.165) is 79.1 Å². The van der Waals surface area contributed by atoms with Crippen molar-refractivity contribution in [2.75, 3.05) is 14.2 Å². The van der Waals surface area contributed by atoms with Crippen molar-refractivity contribution in [1.29, 1.82) is 0 Å². The molecule has 3 aromatic rings. The molecule has 1 fully saturated rings. The Morgan fingerprint density at radius 1 is 0.829 bits per heavy atom. The number of aromatic nitrogens is 3.